The fourth-order valence-electron chi connectivity index (χ4n) is 2.22. The van der Waals surface area contributed by atoms with E-state index in [4.69, 9.17) is 0 Å². The van der Waals surface area contributed by atoms with Gasteiger partial charge in [0.05, 0.1) is 9.79 Å². The van der Waals surface area contributed by atoms with Gasteiger partial charge in [0.15, 0.2) is 0 Å². The van der Waals surface area contributed by atoms with Gasteiger partial charge in [-0.25, -0.2) is 16.8 Å². The molecule has 0 fully saturated rings. The van der Waals surface area contributed by atoms with Gasteiger partial charge in [-0.15, -0.1) is 0 Å². The van der Waals surface area contributed by atoms with Crippen molar-refractivity contribution in [1.29, 1.82) is 0 Å². The maximum Gasteiger partial charge on any atom is 2.00 e. The van der Waals surface area contributed by atoms with Crippen molar-refractivity contribution in [2.75, 3.05) is 0 Å². The molecule has 0 amide bonds. The Balaban J connectivity index is 0.000000483. The summed E-state index contributed by atoms with van der Waals surface area (Å²) in [6, 6.07) is 12.1. The molecular formula is C18H22BaO6S2. The Morgan fingerprint density at radius 2 is 0.889 bits per heavy atom. The minimum Gasteiger partial charge on any atom is -0.744 e. The summed E-state index contributed by atoms with van der Waals surface area (Å²) < 4.78 is 63.3. The van der Waals surface area contributed by atoms with Gasteiger partial charge < -0.3 is 9.11 Å². The molecule has 2 aromatic carbocycles. The molecule has 2 aromatic rings. The van der Waals surface area contributed by atoms with E-state index in [9.17, 15) is 25.9 Å². The van der Waals surface area contributed by atoms with Crippen LogP contribution in [0.5, 0.6) is 0 Å². The molecule has 0 saturated heterocycles. The molecule has 0 aliphatic carbocycles. The van der Waals surface area contributed by atoms with Gasteiger partial charge in [-0.1, -0.05) is 51.0 Å². The van der Waals surface area contributed by atoms with Gasteiger partial charge in [0.1, 0.15) is 20.2 Å². The smallest absolute Gasteiger partial charge is 0.744 e. The van der Waals surface area contributed by atoms with E-state index in [0.29, 0.717) is 0 Å². The Hall–Kier alpha value is -0.169. The third-order valence-corrected chi connectivity index (χ3v) is 5.20. The van der Waals surface area contributed by atoms with Gasteiger partial charge in [-0.2, -0.15) is 0 Å². The van der Waals surface area contributed by atoms with Crippen LogP contribution in [0.1, 0.15) is 37.8 Å². The van der Waals surface area contributed by atoms with Crippen molar-refractivity contribution >= 4 is 69.1 Å². The van der Waals surface area contributed by atoms with E-state index >= 15 is 0 Å². The molecule has 9 heteroatoms. The van der Waals surface area contributed by atoms with E-state index in [2.05, 4.69) is 0 Å². The molecule has 0 heterocycles. The minimum atomic E-state index is -4.28. The molecule has 0 atom stereocenters. The van der Waals surface area contributed by atoms with Gasteiger partial charge in [0.25, 0.3) is 0 Å². The summed E-state index contributed by atoms with van der Waals surface area (Å²) in [5.74, 6) is 0. The Bertz CT molecular complexity index is 812. The molecule has 0 spiro atoms. The number of rotatable bonds is 6. The predicted octanol–water partition coefficient (Wildman–Crippen LogP) is 2.71. The zero-order valence-corrected chi connectivity index (χ0v) is 21.5. The van der Waals surface area contributed by atoms with E-state index in [1.54, 1.807) is 24.3 Å². The fourth-order valence-corrected chi connectivity index (χ4v) is 3.16. The van der Waals surface area contributed by atoms with Gasteiger partial charge in [-0.05, 0) is 48.2 Å². The van der Waals surface area contributed by atoms with Crippen molar-refractivity contribution in [2.45, 2.75) is 49.3 Å². The molecule has 0 aromatic heterocycles. The molecule has 0 saturated carbocycles. The second-order valence-electron chi connectivity index (χ2n) is 5.70. The van der Waals surface area contributed by atoms with Crippen LogP contribution in [0.2, 0.25) is 0 Å². The zero-order valence-electron chi connectivity index (χ0n) is 15.4. The van der Waals surface area contributed by atoms with Crippen LogP contribution in [-0.4, -0.2) is 74.8 Å². The molecule has 0 unspecified atom stereocenters. The van der Waals surface area contributed by atoms with E-state index in [-0.39, 0.29) is 58.7 Å². The summed E-state index contributed by atoms with van der Waals surface area (Å²) in [6.07, 6.45) is 3.81. The molecule has 0 aliphatic rings. The molecule has 27 heavy (non-hydrogen) atoms. The van der Waals surface area contributed by atoms with Crippen LogP contribution >= 0.6 is 0 Å². The van der Waals surface area contributed by atoms with E-state index in [1.807, 2.05) is 13.8 Å². The van der Waals surface area contributed by atoms with Crippen LogP contribution in [0.3, 0.4) is 0 Å². The third kappa shape index (κ3) is 10.3. The quantitative estimate of drug-likeness (QED) is 0.415. The van der Waals surface area contributed by atoms with Crippen LogP contribution in [0, 0.1) is 0 Å². The van der Waals surface area contributed by atoms with Crippen LogP contribution in [0.4, 0.5) is 0 Å². The standard InChI is InChI=1S/2C9H12O3S.Ba/c2*1-2-3-8-4-6-9(7-5-8)13(10,11)12;/h2*4-7H,2-3H2,1H3,(H,10,11,12);/q;;+2/p-2. The van der Waals surface area contributed by atoms with Gasteiger partial charge in [-0.3, -0.25) is 0 Å². The number of hydrogen-bond donors (Lipinski definition) is 0. The summed E-state index contributed by atoms with van der Waals surface area (Å²) in [7, 11) is -8.57. The second kappa shape index (κ2) is 12.4. The van der Waals surface area contributed by atoms with E-state index in [0.717, 1.165) is 36.8 Å². The fraction of sp³-hybridized carbons (Fsp3) is 0.333. The van der Waals surface area contributed by atoms with Crippen molar-refractivity contribution < 1.29 is 25.9 Å². The van der Waals surface area contributed by atoms with Crippen LogP contribution in [0.25, 0.3) is 0 Å². The van der Waals surface area contributed by atoms with Crippen LogP contribution in [0.15, 0.2) is 58.3 Å². The Morgan fingerprint density at radius 1 is 0.630 bits per heavy atom. The number of aryl methyl sites for hydroxylation is 2. The van der Waals surface area contributed by atoms with Crippen molar-refractivity contribution in [3.8, 4) is 0 Å². The molecule has 144 valence electrons. The summed E-state index contributed by atoms with van der Waals surface area (Å²) in [5, 5.41) is 0. The average molecular weight is 536 g/mol. The van der Waals surface area contributed by atoms with Crippen molar-refractivity contribution in [3.05, 3.63) is 59.7 Å². The topological polar surface area (TPSA) is 114 Å². The molecule has 2 rings (SSSR count). The van der Waals surface area contributed by atoms with Crippen LogP contribution < -0.4 is 0 Å². The molecule has 0 aliphatic heterocycles. The molecule has 0 radical (unpaired) electrons. The Labute approximate surface area is 202 Å². The third-order valence-electron chi connectivity index (χ3n) is 3.50. The van der Waals surface area contributed by atoms with Crippen molar-refractivity contribution in [1.82, 2.24) is 0 Å². The van der Waals surface area contributed by atoms with Crippen molar-refractivity contribution in [2.24, 2.45) is 0 Å². The summed E-state index contributed by atoms with van der Waals surface area (Å²) in [4.78, 5) is -0.320. The molecular weight excluding hydrogens is 514 g/mol. The normalized spacial score (nSPS) is 11.1. The monoisotopic (exact) mass is 536 g/mol. The average Bonchev–Trinajstić information content (AvgIpc) is 2.55. The van der Waals surface area contributed by atoms with Crippen molar-refractivity contribution in [3.63, 3.8) is 0 Å². The van der Waals surface area contributed by atoms with E-state index < -0.39 is 20.2 Å². The zero-order chi connectivity index (χ0) is 19.8. The molecule has 0 N–H and O–H groups in total. The van der Waals surface area contributed by atoms with Gasteiger partial charge in [0.2, 0.25) is 0 Å². The molecule has 0 bridgehead atoms. The largest absolute Gasteiger partial charge is 2.00 e. The predicted molar refractivity (Wildman–Crippen MR) is 103 cm³/mol. The SMILES string of the molecule is CCCc1ccc(S(=O)(=O)[O-])cc1.CCCc1ccc(S(=O)(=O)[O-])cc1.[Ba+2]. The first-order valence-electron chi connectivity index (χ1n) is 8.17. The number of benzene rings is 2. The minimum absolute atomic E-state index is 0. The number of hydrogen-bond acceptors (Lipinski definition) is 6. The summed E-state index contributed by atoms with van der Waals surface area (Å²) >= 11 is 0. The van der Waals surface area contributed by atoms with Crippen LogP contribution in [-0.2, 0) is 33.1 Å². The first kappa shape index (κ1) is 26.8. The Morgan fingerprint density at radius 3 is 1.07 bits per heavy atom. The van der Waals surface area contributed by atoms with E-state index in [1.165, 1.54) is 24.3 Å². The first-order chi connectivity index (χ1) is 12.1. The first-order valence-corrected chi connectivity index (χ1v) is 11.0. The summed E-state index contributed by atoms with van der Waals surface area (Å²) in [5.41, 5.74) is 2.10. The van der Waals surface area contributed by atoms with Gasteiger partial charge in [0, 0.05) is 0 Å². The van der Waals surface area contributed by atoms with Gasteiger partial charge >= 0.3 is 48.9 Å². The maximum absolute atomic E-state index is 10.5. The maximum atomic E-state index is 10.5. The summed E-state index contributed by atoms with van der Waals surface area (Å²) in [6.45, 7) is 4.08. The molecule has 6 nitrogen and oxygen atoms in total. The second-order valence-corrected chi connectivity index (χ2v) is 8.46. The Kier molecular flexibility index (Phi) is 12.3.